The maximum absolute atomic E-state index is 12.7. The van der Waals surface area contributed by atoms with Crippen LogP contribution in [0.1, 0.15) is 22.5 Å². The number of halogens is 1. The second-order valence-corrected chi connectivity index (χ2v) is 8.20. The molecule has 2 bridgehead atoms. The molecule has 0 N–H and O–H groups in total. The van der Waals surface area contributed by atoms with Crippen LogP contribution in [0.4, 0.5) is 0 Å². The second-order valence-electron chi connectivity index (χ2n) is 7.28. The van der Waals surface area contributed by atoms with E-state index in [-0.39, 0.29) is 47.0 Å². The highest BCUT2D eigenvalue weighted by molar-refractivity contribution is 9.10. The zero-order valence-electron chi connectivity index (χ0n) is 15.0. The molecule has 1 saturated carbocycles. The standard InChI is InChI=1S/C21H15BrN2O5/c22-14-5-6-15(29-21(27)16-2-1-7-28-16)13(9-14)10-23-24-19(25)17-11-3-4-12(8-11)18(17)20(24)26/h1-7,9-12,17-18H,8H2. The molecule has 2 amide bonds. The van der Waals surface area contributed by atoms with Gasteiger partial charge in [-0.1, -0.05) is 28.1 Å². The van der Waals surface area contributed by atoms with E-state index in [0.717, 1.165) is 15.9 Å². The molecule has 29 heavy (non-hydrogen) atoms. The average molecular weight is 455 g/mol. The Morgan fingerprint density at radius 1 is 1.17 bits per heavy atom. The van der Waals surface area contributed by atoms with Crippen LogP contribution >= 0.6 is 15.9 Å². The molecule has 2 fully saturated rings. The van der Waals surface area contributed by atoms with E-state index in [0.29, 0.717) is 5.56 Å². The average Bonchev–Trinajstić information content (AvgIpc) is 3.48. The van der Waals surface area contributed by atoms with E-state index in [1.54, 1.807) is 24.3 Å². The van der Waals surface area contributed by atoms with Crippen LogP contribution in [0.2, 0.25) is 0 Å². The van der Waals surface area contributed by atoms with Gasteiger partial charge in [0.05, 0.1) is 24.3 Å². The Kier molecular flexibility index (Phi) is 4.24. The number of benzene rings is 1. The number of amides is 2. The lowest BCUT2D eigenvalue weighted by Crippen LogP contribution is -2.28. The van der Waals surface area contributed by atoms with Crippen LogP contribution in [-0.2, 0) is 9.59 Å². The van der Waals surface area contributed by atoms with E-state index in [2.05, 4.69) is 21.0 Å². The highest BCUT2D eigenvalue weighted by Crippen LogP contribution is 2.52. The fraction of sp³-hybridized carbons (Fsp3) is 0.238. The van der Waals surface area contributed by atoms with E-state index < -0.39 is 5.97 Å². The molecule has 5 rings (SSSR count). The van der Waals surface area contributed by atoms with Crippen molar-refractivity contribution in [2.75, 3.05) is 0 Å². The molecule has 3 aliphatic rings. The van der Waals surface area contributed by atoms with Gasteiger partial charge in [-0.05, 0) is 48.6 Å². The maximum atomic E-state index is 12.7. The van der Waals surface area contributed by atoms with Crippen molar-refractivity contribution in [1.82, 2.24) is 5.01 Å². The summed E-state index contributed by atoms with van der Waals surface area (Å²) in [6.45, 7) is 0. The first-order valence-corrected chi connectivity index (χ1v) is 9.97. The molecule has 1 aromatic carbocycles. The number of hydrogen-bond donors (Lipinski definition) is 0. The van der Waals surface area contributed by atoms with Gasteiger partial charge in [-0.25, -0.2) is 4.79 Å². The Morgan fingerprint density at radius 3 is 2.55 bits per heavy atom. The number of allylic oxidation sites excluding steroid dienone is 2. The summed E-state index contributed by atoms with van der Waals surface area (Å²) in [5, 5.41) is 5.11. The van der Waals surface area contributed by atoms with Gasteiger partial charge in [0.15, 0.2) is 0 Å². The number of furan rings is 1. The molecule has 2 aliphatic carbocycles. The smallest absolute Gasteiger partial charge is 0.379 e. The Balaban J connectivity index is 1.40. The summed E-state index contributed by atoms with van der Waals surface area (Å²) in [5.41, 5.74) is 0.443. The predicted molar refractivity (Wildman–Crippen MR) is 105 cm³/mol. The van der Waals surface area contributed by atoms with Gasteiger partial charge < -0.3 is 9.15 Å². The summed E-state index contributed by atoms with van der Waals surface area (Å²) in [5.74, 6) is -1.26. The normalized spacial score (nSPS) is 27.3. The van der Waals surface area contributed by atoms with E-state index in [1.807, 2.05) is 12.2 Å². The van der Waals surface area contributed by atoms with Gasteiger partial charge in [0.2, 0.25) is 5.76 Å². The van der Waals surface area contributed by atoms with E-state index >= 15 is 0 Å². The maximum Gasteiger partial charge on any atom is 0.379 e. The number of rotatable bonds is 4. The van der Waals surface area contributed by atoms with Crippen LogP contribution < -0.4 is 4.74 Å². The van der Waals surface area contributed by atoms with Crippen molar-refractivity contribution in [2.45, 2.75) is 6.42 Å². The SMILES string of the molecule is O=C(Oc1ccc(Br)cc1C=NN1C(=O)C2C3C=CC(C3)C2C1=O)c1ccco1. The molecule has 4 atom stereocenters. The number of nitrogens with zero attached hydrogens (tertiary/aromatic N) is 2. The lowest BCUT2D eigenvalue weighted by atomic mass is 9.85. The Morgan fingerprint density at radius 2 is 1.90 bits per heavy atom. The number of fused-ring (bicyclic) bond motifs is 5. The zero-order chi connectivity index (χ0) is 20.1. The molecular weight excluding hydrogens is 440 g/mol. The fourth-order valence-electron chi connectivity index (χ4n) is 4.38. The van der Waals surface area contributed by atoms with Crippen molar-refractivity contribution in [2.24, 2.45) is 28.8 Å². The number of hydrazone groups is 1. The zero-order valence-corrected chi connectivity index (χ0v) is 16.6. The molecule has 0 radical (unpaired) electrons. The Bertz CT molecular complexity index is 1040. The Hall–Kier alpha value is -3.00. The summed E-state index contributed by atoms with van der Waals surface area (Å²) < 4.78 is 11.2. The van der Waals surface area contributed by atoms with Gasteiger partial charge in [0, 0.05) is 10.0 Å². The van der Waals surface area contributed by atoms with Crippen LogP contribution in [0.25, 0.3) is 0 Å². The molecule has 1 aromatic heterocycles. The van der Waals surface area contributed by atoms with Crippen molar-refractivity contribution >= 4 is 39.9 Å². The molecule has 8 heteroatoms. The minimum Gasteiger partial charge on any atom is -0.457 e. The van der Waals surface area contributed by atoms with Crippen LogP contribution in [0.15, 0.2) is 62.7 Å². The van der Waals surface area contributed by atoms with E-state index in [4.69, 9.17) is 9.15 Å². The predicted octanol–water partition coefficient (Wildman–Crippen LogP) is 3.40. The number of carbonyl (C=O) groups excluding carboxylic acids is 3. The van der Waals surface area contributed by atoms with Crippen LogP contribution in [0.5, 0.6) is 5.75 Å². The lowest BCUT2D eigenvalue weighted by molar-refractivity contribution is -0.140. The number of esters is 1. The van der Waals surface area contributed by atoms with Crippen molar-refractivity contribution in [3.05, 3.63) is 64.5 Å². The molecule has 2 aromatic rings. The van der Waals surface area contributed by atoms with E-state index in [9.17, 15) is 14.4 Å². The van der Waals surface area contributed by atoms with Gasteiger partial charge in [-0.2, -0.15) is 10.1 Å². The highest BCUT2D eigenvalue weighted by atomic mass is 79.9. The van der Waals surface area contributed by atoms with Crippen molar-refractivity contribution < 1.29 is 23.5 Å². The molecule has 1 aliphatic heterocycles. The third kappa shape index (κ3) is 2.95. The summed E-state index contributed by atoms with van der Waals surface area (Å²) >= 11 is 3.37. The van der Waals surface area contributed by atoms with E-state index in [1.165, 1.54) is 18.5 Å². The van der Waals surface area contributed by atoms with Gasteiger partial charge >= 0.3 is 5.97 Å². The third-order valence-corrected chi connectivity index (χ3v) is 6.15. The van der Waals surface area contributed by atoms with Crippen molar-refractivity contribution in [3.8, 4) is 5.75 Å². The van der Waals surface area contributed by atoms with Gasteiger partial charge in [-0.15, -0.1) is 0 Å². The quantitative estimate of drug-likeness (QED) is 0.232. The first-order valence-electron chi connectivity index (χ1n) is 9.18. The number of ether oxygens (including phenoxy) is 1. The highest BCUT2D eigenvalue weighted by Gasteiger charge is 2.59. The van der Waals surface area contributed by atoms with Crippen molar-refractivity contribution in [3.63, 3.8) is 0 Å². The molecular formula is C21H15BrN2O5. The molecule has 0 spiro atoms. The monoisotopic (exact) mass is 454 g/mol. The van der Waals surface area contributed by atoms with Crippen LogP contribution in [0, 0.1) is 23.7 Å². The van der Waals surface area contributed by atoms with Gasteiger partial charge in [0.25, 0.3) is 11.8 Å². The first-order chi connectivity index (χ1) is 14.0. The van der Waals surface area contributed by atoms with Crippen molar-refractivity contribution in [1.29, 1.82) is 0 Å². The summed E-state index contributed by atoms with van der Waals surface area (Å²) in [7, 11) is 0. The third-order valence-electron chi connectivity index (χ3n) is 5.66. The molecule has 146 valence electrons. The molecule has 1 saturated heterocycles. The van der Waals surface area contributed by atoms with Crippen LogP contribution in [-0.4, -0.2) is 29.0 Å². The van der Waals surface area contributed by atoms with Crippen LogP contribution in [0.3, 0.4) is 0 Å². The largest absolute Gasteiger partial charge is 0.457 e. The molecule has 2 heterocycles. The fourth-order valence-corrected chi connectivity index (χ4v) is 4.76. The summed E-state index contributed by atoms with van der Waals surface area (Å²) in [4.78, 5) is 37.7. The topological polar surface area (TPSA) is 89.2 Å². The minimum atomic E-state index is -0.655. The van der Waals surface area contributed by atoms with Gasteiger partial charge in [-0.3, -0.25) is 9.59 Å². The number of imide groups is 1. The lowest BCUT2D eigenvalue weighted by Gasteiger charge is -2.13. The Labute approximate surface area is 174 Å². The number of carbonyl (C=O) groups is 3. The molecule has 7 nitrogen and oxygen atoms in total. The summed E-state index contributed by atoms with van der Waals surface area (Å²) in [6, 6.07) is 8.08. The first kappa shape index (κ1) is 18.1. The van der Waals surface area contributed by atoms with Gasteiger partial charge in [0.1, 0.15) is 5.75 Å². The summed E-state index contributed by atoms with van der Waals surface area (Å²) in [6.07, 6.45) is 7.67. The minimum absolute atomic E-state index is 0.0662. The number of hydrogen-bond acceptors (Lipinski definition) is 6. The molecule has 4 unspecified atom stereocenters. The second kappa shape index (κ2) is 6.81.